The zero-order valence-corrected chi connectivity index (χ0v) is 14.0. The Kier molecular flexibility index (Phi) is 4.97. The molecule has 0 aliphatic rings. The topological polar surface area (TPSA) is 118 Å². The summed E-state index contributed by atoms with van der Waals surface area (Å²) in [4.78, 5) is 40.4. The van der Waals surface area contributed by atoms with Crippen LogP contribution in [0.1, 0.15) is 17.5 Å². The monoisotopic (exact) mass is 355 g/mol. The third-order valence-corrected chi connectivity index (χ3v) is 3.65. The number of nitrogens with one attached hydrogen (secondary N) is 3. The number of hydrogen-bond donors (Lipinski definition) is 3. The molecule has 2 heterocycles. The molecule has 0 saturated carbocycles. The van der Waals surface area contributed by atoms with Crippen molar-refractivity contribution in [1.82, 2.24) is 20.3 Å². The Hall–Kier alpha value is -3.62. The SMILES string of the molecule is CCn1c(NNC(=O)CNC(=O)c2ccco2)nc2ccccc2c1=O. The van der Waals surface area contributed by atoms with Gasteiger partial charge in [0.15, 0.2) is 5.76 Å². The Morgan fingerprint density at radius 2 is 2.00 bits per heavy atom. The molecule has 26 heavy (non-hydrogen) atoms. The van der Waals surface area contributed by atoms with E-state index in [1.165, 1.54) is 16.9 Å². The number of hydrogen-bond acceptors (Lipinski definition) is 6. The summed E-state index contributed by atoms with van der Waals surface area (Å²) in [5.74, 6) is -0.682. The van der Waals surface area contributed by atoms with Gasteiger partial charge in [-0.25, -0.2) is 4.98 Å². The minimum absolute atomic E-state index is 0.113. The first kappa shape index (κ1) is 17.2. The van der Waals surface area contributed by atoms with Crippen LogP contribution < -0.4 is 21.7 Å². The van der Waals surface area contributed by atoms with E-state index in [1.807, 2.05) is 0 Å². The van der Waals surface area contributed by atoms with Crippen molar-refractivity contribution in [2.24, 2.45) is 0 Å². The van der Waals surface area contributed by atoms with E-state index in [2.05, 4.69) is 21.2 Å². The highest BCUT2D eigenvalue weighted by atomic mass is 16.3. The maximum atomic E-state index is 12.5. The number of amides is 2. The van der Waals surface area contributed by atoms with E-state index < -0.39 is 11.8 Å². The number of benzene rings is 1. The molecule has 0 fully saturated rings. The highest BCUT2D eigenvalue weighted by molar-refractivity contribution is 5.94. The van der Waals surface area contributed by atoms with Gasteiger partial charge in [-0.05, 0) is 31.2 Å². The largest absolute Gasteiger partial charge is 0.459 e. The van der Waals surface area contributed by atoms with Crippen molar-refractivity contribution in [2.45, 2.75) is 13.5 Å². The van der Waals surface area contributed by atoms with Gasteiger partial charge in [0.25, 0.3) is 17.4 Å². The van der Waals surface area contributed by atoms with Crippen molar-refractivity contribution in [2.75, 3.05) is 12.0 Å². The average molecular weight is 355 g/mol. The Labute approximate surface area is 148 Å². The van der Waals surface area contributed by atoms with Crippen molar-refractivity contribution in [3.63, 3.8) is 0 Å². The van der Waals surface area contributed by atoms with E-state index in [-0.39, 0.29) is 23.8 Å². The molecule has 2 aromatic heterocycles. The first-order valence-electron chi connectivity index (χ1n) is 7.96. The molecule has 3 rings (SSSR count). The smallest absolute Gasteiger partial charge is 0.287 e. The van der Waals surface area contributed by atoms with Gasteiger partial charge in [0.1, 0.15) is 0 Å². The summed E-state index contributed by atoms with van der Waals surface area (Å²) in [7, 11) is 0. The second-order valence-corrected chi connectivity index (χ2v) is 5.34. The molecule has 0 unspecified atom stereocenters. The van der Waals surface area contributed by atoms with Gasteiger partial charge in [0.2, 0.25) is 5.95 Å². The number of carbonyl (C=O) groups is 2. The number of nitrogens with zero attached hydrogens (tertiary/aromatic N) is 2. The summed E-state index contributed by atoms with van der Waals surface area (Å²) < 4.78 is 6.34. The average Bonchev–Trinajstić information content (AvgIpc) is 3.19. The van der Waals surface area contributed by atoms with Crippen LogP contribution in [0.4, 0.5) is 5.95 Å². The number of hydrazine groups is 1. The fraction of sp³-hybridized carbons (Fsp3) is 0.176. The molecular weight excluding hydrogens is 338 g/mol. The Balaban J connectivity index is 1.66. The van der Waals surface area contributed by atoms with E-state index in [0.29, 0.717) is 17.4 Å². The maximum absolute atomic E-state index is 12.5. The minimum Gasteiger partial charge on any atom is -0.459 e. The third-order valence-electron chi connectivity index (χ3n) is 3.65. The van der Waals surface area contributed by atoms with Gasteiger partial charge in [-0.1, -0.05) is 12.1 Å². The maximum Gasteiger partial charge on any atom is 0.287 e. The summed E-state index contributed by atoms with van der Waals surface area (Å²) >= 11 is 0. The number of anilines is 1. The van der Waals surface area contributed by atoms with Crippen molar-refractivity contribution in [3.8, 4) is 0 Å². The standard InChI is InChI=1S/C17H17N5O4/c1-2-22-16(25)11-6-3-4-7-12(11)19-17(22)21-20-14(23)10-18-15(24)13-8-5-9-26-13/h3-9H,2,10H2,1H3,(H,18,24)(H,19,21)(H,20,23). The summed E-state index contributed by atoms with van der Waals surface area (Å²) in [6.45, 7) is 1.91. The lowest BCUT2D eigenvalue weighted by atomic mass is 10.2. The van der Waals surface area contributed by atoms with Gasteiger partial charge in [0, 0.05) is 6.54 Å². The quantitative estimate of drug-likeness (QED) is 0.565. The normalized spacial score (nSPS) is 10.5. The number of para-hydroxylation sites is 1. The number of aromatic nitrogens is 2. The lowest BCUT2D eigenvalue weighted by Gasteiger charge is -2.14. The molecule has 3 aromatic rings. The zero-order valence-electron chi connectivity index (χ0n) is 14.0. The van der Waals surface area contributed by atoms with Gasteiger partial charge in [-0.2, -0.15) is 0 Å². The van der Waals surface area contributed by atoms with Crippen LogP contribution in [-0.4, -0.2) is 27.9 Å². The van der Waals surface area contributed by atoms with Crippen LogP contribution in [0.25, 0.3) is 10.9 Å². The second-order valence-electron chi connectivity index (χ2n) is 5.34. The van der Waals surface area contributed by atoms with Crippen molar-refractivity contribution >= 4 is 28.7 Å². The Morgan fingerprint density at radius 3 is 2.73 bits per heavy atom. The van der Waals surface area contributed by atoms with Gasteiger partial charge in [-0.15, -0.1) is 0 Å². The van der Waals surface area contributed by atoms with E-state index in [1.54, 1.807) is 37.3 Å². The second kappa shape index (κ2) is 7.51. The van der Waals surface area contributed by atoms with Crippen LogP contribution in [0, 0.1) is 0 Å². The fourth-order valence-corrected chi connectivity index (χ4v) is 2.38. The number of carbonyl (C=O) groups excluding carboxylic acids is 2. The highest BCUT2D eigenvalue weighted by Crippen LogP contribution is 2.10. The molecule has 1 aromatic carbocycles. The fourth-order valence-electron chi connectivity index (χ4n) is 2.38. The Bertz CT molecular complexity index is 994. The lowest BCUT2D eigenvalue weighted by molar-refractivity contribution is -0.119. The molecule has 0 bridgehead atoms. The van der Waals surface area contributed by atoms with Gasteiger partial charge in [-0.3, -0.25) is 29.8 Å². The van der Waals surface area contributed by atoms with Crippen molar-refractivity contribution < 1.29 is 14.0 Å². The predicted molar refractivity (Wildman–Crippen MR) is 94.5 cm³/mol. The summed E-state index contributed by atoms with van der Waals surface area (Å²) in [5.41, 5.74) is 5.35. The molecule has 9 nitrogen and oxygen atoms in total. The van der Waals surface area contributed by atoms with Crippen LogP contribution in [0.2, 0.25) is 0 Å². The van der Waals surface area contributed by atoms with Crippen molar-refractivity contribution in [3.05, 3.63) is 58.8 Å². The molecule has 0 spiro atoms. The van der Waals surface area contributed by atoms with Gasteiger partial charge >= 0.3 is 0 Å². The van der Waals surface area contributed by atoms with Crippen molar-refractivity contribution in [1.29, 1.82) is 0 Å². The molecule has 3 N–H and O–H groups in total. The van der Waals surface area contributed by atoms with Crippen LogP contribution in [0.3, 0.4) is 0 Å². The summed E-state index contributed by atoms with van der Waals surface area (Å²) in [6.07, 6.45) is 1.37. The molecule has 0 atom stereocenters. The summed E-state index contributed by atoms with van der Waals surface area (Å²) in [5, 5.41) is 2.91. The van der Waals surface area contributed by atoms with Crippen LogP contribution in [-0.2, 0) is 11.3 Å². The van der Waals surface area contributed by atoms with E-state index >= 15 is 0 Å². The molecule has 2 amide bonds. The third kappa shape index (κ3) is 3.56. The minimum atomic E-state index is -0.505. The van der Waals surface area contributed by atoms with Gasteiger partial charge in [0.05, 0.1) is 23.7 Å². The lowest BCUT2D eigenvalue weighted by Crippen LogP contribution is -2.41. The van der Waals surface area contributed by atoms with E-state index in [4.69, 9.17) is 4.42 Å². The molecular formula is C17H17N5O4. The molecule has 0 radical (unpaired) electrons. The van der Waals surface area contributed by atoms with Crippen LogP contribution in [0.5, 0.6) is 0 Å². The molecule has 134 valence electrons. The van der Waals surface area contributed by atoms with Crippen LogP contribution in [0.15, 0.2) is 51.9 Å². The highest BCUT2D eigenvalue weighted by Gasteiger charge is 2.12. The predicted octanol–water partition coefficient (Wildman–Crippen LogP) is 0.882. The molecule has 0 aliphatic heterocycles. The molecule has 9 heteroatoms. The number of rotatable bonds is 6. The zero-order chi connectivity index (χ0) is 18.5. The Morgan fingerprint density at radius 1 is 1.19 bits per heavy atom. The number of furan rings is 1. The van der Waals surface area contributed by atoms with E-state index in [9.17, 15) is 14.4 Å². The first-order valence-corrected chi connectivity index (χ1v) is 7.96. The van der Waals surface area contributed by atoms with Crippen LogP contribution >= 0.6 is 0 Å². The summed E-state index contributed by atoms with van der Waals surface area (Å²) in [6, 6.07) is 10.0. The number of fused-ring (bicyclic) bond motifs is 1. The van der Waals surface area contributed by atoms with E-state index in [0.717, 1.165) is 0 Å². The van der Waals surface area contributed by atoms with Gasteiger partial charge < -0.3 is 9.73 Å². The molecule has 0 aliphatic carbocycles. The first-order chi connectivity index (χ1) is 12.6. The molecule has 0 saturated heterocycles.